The molecule has 9 aromatic carbocycles. The maximum Gasteiger partial charge on any atom is 0.135 e. The number of benzene rings is 9. The highest BCUT2D eigenvalue weighted by molar-refractivity contribution is 7.26. The zero-order valence-electron chi connectivity index (χ0n) is 31.0. The summed E-state index contributed by atoms with van der Waals surface area (Å²) in [5, 5.41) is 4.82. The fourth-order valence-electron chi connectivity index (χ4n) is 8.28. The number of nitrogens with zero attached hydrogens (tertiary/aromatic N) is 1. The highest BCUT2D eigenvalue weighted by Crippen LogP contribution is 2.50. The molecule has 0 saturated carbocycles. The molecule has 268 valence electrons. The smallest absolute Gasteiger partial charge is 0.135 e. The van der Waals surface area contributed by atoms with Gasteiger partial charge in [0.2, 0.25) is 0 Å². The molecule has 0 bridgehead atoms. The van der Waals surface area contributed by atoms with Gasteiger partial charge >= 0.3 is 0 Å². The van der Waals surface area contributed by atoms with Gasteiger partial charge in [-0.2, -0.15) is 0 Å². The summed E-state index contributed by atoms with van der Waals surface area (Å²) < 4.78 is 8.70. The second-order valence-corrected chi connectivity index (χ2v) is 15.5. The lowest BCUT2D eigenvalue weighted by molar-refractivity contribution is 0.669. The number of rotatable bonds is 7. The van der Waals surface area contributed by atoms with E-state index in [1.165, 1.54) is 59.2 Å². The summed E-state index contributed by atoms with van der Waals surface area (Å²) in [6.45, 7) is 0. The first-order valence-corrected chi connectivity index (χ1v) is 20.1. The Kier molecular flexibility index (Phi) is 8.04. The molecule has 0 spiro atoms. The number of thiophene rings is 1. The number of anilines is 3. The van der Waals surface area contributed by atoms with Crippen molar-refractivity contribution in [1.29, 1.82) is 0 Å². The normalized spacial score (nSPS) is 11.5. The molecule has 0 aliphatic rings. The van der Waals surface area contributed by atoms with Crippen LogP contribution in [0.3, 0.4) is 0 Å². The number of para-hydroxylation sites is 1. The van der Waals surface area contributed by atoms with Crippen LogP contribution in [0.2, 0.25) is 0 Å². The molecule has 0 amide bonds. The van der Waals surface area contributed by atoms with E-state index in [4.69, 9.17) is 4.42 Å². The highest BCUT2D eigenvalue weighted by atomic mass is 32.1. The minimum atomic E-state index is 0.905. The maximum atomic E-state index is 6.15. The minimum absolute atomic E-state index is 0.905. The van der Waals surface area contributed by atoms with Gasteiger partial charge in [-0.3, -0.25) is 0 Å². The van der Waals surface area contributed by atoms with Crippen molar-refractivity contribution in [3.8, 4) is 44.5 Å². The monoisotopic (exact) mass is 745 g/mol. The standard InChI is InChI=1S/C54H35NOS/c1-3-12-36(13-4-1)40-16-11-17-41(34-40)37-22-27-43(28-23-37)55(44-29-24-38(25-30-44)42-26-33-51-49(35-42)46-18-7-9-20-50(46)56-51)53-45(39-14-5-2-6-15-39)31-32-48-47-19-8-10-21-52(47)57-54(48)53/h1-35H. The summed E-state index contributed by atoms with van der Waals surface area (Å²) in [6.07, 6.45) is 0. The van der Waals surface area contributed by atoms with Crippen LogP contribution in [0.5, 0.6) is 0 Å². The summed E-state index contributed by atoms with van der Waals surface area (Å²) in [7, 11) is 0. The molecule has 0 aliphatic carbocycles. The van der Waals surface area contributed by atoms with Gasteiger partial charge in [0.25, 0.3) is 0 Å². The third-order valence-corrected chi connectivity index (χ3v) is 12.3. The molecule has 2 nitrogen and oxygen atoms in total. The van der Waals surface area contributed by atoms with Gasteiger partial charge in [-0.25, -0.2) is 0 Å². The van der Waals surface area contributed by atoms with Crippen LogP contribution in [0.1, 0.15) is 0 Å². The van der Waals surface area contributed by atoms with E-state index < -0.39 is 0 Å². The second-order valence-electron chi connectivity index (χ2n) is 14.5. The van der Waals surface area contributed by atoms with Crippen molar-refractivity contribution < 1.29 is 4.42 Å². The Labute approximate surface area is 335 Å². The van der Waals surface area contributed by atoms with Gasteiger partial charge in [0.1, 0.15) is 11.2 Å². The van der Waals surface area contributed by atoms with Crippen LogP contribution >= 0.6 is 11.3 Å². The third kappa shape index (κ3) is 5.88. The summed E-state index contributed by atoms with van der Waals surface area (Å²) in [5.41, 5.74) is 14.7. The van der Waals surface area contributed by atoms with Crippen molar-refractivity contribution in [2.75, 3.05) is 4.90 Å². The van der Waals surface area contributed by atoms with E-state index in [9.17, 15) is 0 Å². The maximum absolute atomic E-state index is 6.15. The minimum Gasteiger partial charge on any atom is -0.456 e. The fraction of sp³-hybridized carbons (Fsp3) is 0. The number of hydrogen-bond donors (Lipinski definition) is 0. The predicted molar refractivity (Wildman–Crippen MR) is 243 cm³/mol. The van der Waals surface area contributed by atoms with Gasteiger partial charge in [-0.05, 0) is 93.5 Å². The van der Waals surface area contributed by atoms with E-state index in [0.29, 0.717) is 0 Å². The number of furan rings is 1. The van der Waals surface area contributed by atoms with Crippen molar-refractivity contribution in [2.24, 2.45) is 0 Å². The largest absolute Gasteiger partial charge is 0.456 e. The van der Waals surface area contributed by atoms with Crippen LogP contribution in [0, 0.1) is 0 Å². The fourth-order valence-corrected chi connectivity index (χ4v) is 9.52. The van der Waals surface area contributed by atoms with Crippen LogP contribution in [-0.4, -0.2) is 0 Å². The van der Waals surface area contributed by atoms with Gasteiger partial charge in [-0.1, -0.05) is 158 Å². The van der Waals surface area contributed by atoms with Gasteiger partial charge in [0.15, 0.2) is 0 Å². The van der Waals surface area contributed by atoms with Crippen LogP contribution in [0.4, 0.5) is 17.1 Å². The zero-order valence-corrected chi connectivity index (χ0v) is 31.8. The summed E-state index contributed by atoms with van der Waals surface area (Å²) >= 11 is 1.87. The quantitative estimate of drug-likeness (QED) is 0.162. The van der Waals surface area contributed by atoms with Crippen molar-refractivity contribution >= 4 is 70.5 Å². The van der Waals surface area contributed by atoms with E-state index >= 15 is 0 Å². The van der Waals surface area contributed by atoms with E-state index in [0.717, 1.165) is 44.4 Å². The van der Waals surface area contributed by atoms with Crippen LogP contribution in [-0.2, 0) is 0 Å². The summed E-state index contributed by atoms with van der Waals surface area (Å²) in [6, 6.07) is 76.5. The molecule has 57 heavy (non-hydrogen) atoms. The Balaban J connectivity index is 1.08. The topological polar surface area (TPSA) is 16.4 Å². The van der Waals surface area contributed by atoms with E-state index in [2.05, 4.69) is 205 Å². The van der Waals surface area contributed by atoms with Crippen molar-refractivity contribution in [3.05, 3.63) is 212 Å². The predicted octanol–water partition coefficient (Wildman–Crippen LogP) is 16.1. The first-order chi connectivity index (χ1) is 28.2. The van der Waals surface area contributed by atoms with Crippen molar-refractivity contribution in [1.82, 2.24) is 0 Å². The highest BCUT2D eigenvalue weighted by Gasteiger charge is 2.23. The lowest BCUT2D eigenvalue weighted by Crippen LogP contribution is -2.11. The van der Waals surface area contributed by atoms with E-state index in [1.807, 2.05) is 23.5 Å². The average Bonchev–Trinajstić information content (AvgIpc) is 3.86. The van der Waals surface area contributed by atoms with Crippen LogP contribution < -0.4 is 4.90 Å². The summed E-state index contributed by atoms with van der Waals surface area (Å²) in [5.74, 6) is 0. The van der Waals surface area contributed by atoms with Crippen molar-refractivity contribution in [3.63, 3.8) is 0 Å². The lowest BCUT2D eigenvalue weighted by Gasteiger charge is -2.29. The Hall–Kier alpha value is -7.20. The van der Waals surface area contributed by atoms with Gasteiger partial charge in [-0.15, -0.1) is 11.3 Å². The second kappa shape index (κ2) is 13.8. The Bertz CT molecular complexity index is 3210. The molecule has 11 aromatic rings. The van der Waals surface area contributed by atoms with Crippen LogP contribution in [0.25, 0.3) is 86.6 Å². The molecule has 3 heteroatoms. The molecule has 0 saturated heterocycles. The Morgan fingerprint density at radius 3 is 1.56 bits per heavy atom. The van der Waals surface area contributed by atoms with Gasteiger partial charge < -0.3 is 9.32 Å². The molecular weight excluding hydrogens is 711 g/mol. The van der Waals surface area contributed by atoms with Crippen LogP contribution in [0.15, 0.2) is 217 Å². The first-order valence-electron chi connectivity index (χ1n) is 19.3. The molecule has 2 aromatic heterocycles. The molecule has 0 N–H and O–H groups in total. The third-order valence-electron chi connectivity index (χ3n) is 11.1. The average molecular weight is 746 g/mol. The Morgan fingerprint density at radius 2 is 0.860 bits per heavy atom. The van der Waals surface area contributed by atoms with E-state index in [-0.39, 0.29) is 0 Å². The van der Waals surface area contributed by atoms with Crippen molar-refractivity contribution in [2.45, 2.75) is 0 Å². The SMILES string of the molecule is c1ccc(-c2cccc(-c3ccc(N(c4ccc(-c5ccc6oc7ccccc7c6c5)cc4)c4c(-c5ccccc5)ccc5c4sc4ccccc45)cc3)c2)cc1. The Morgan fingerprint density at radius 1 is 0.333 bits per heavy atom. The van der Waals surface area contributed by atoms with Gasteiger partial charge in [0, 0.05) is 43.2 Å². The molecular formula is C54H35NOS. The molecule has 0 unspecified atom stereocenters. The molecule has 0 radical (unpaired) electrons. The number of hydrogen-bond acceptors (Lipinski definition) is 3. The lowest BCUT2D eigenvalue weighted by atomic mass is 9.97. The van der Waals surface area contributed by atoms with Gasteiger partial charge in [0.05, 0.1) is 10.4 Å². The summed E-state index contributed by atoms with van der Waals surface area (Å²) in [4.78, 5) is 2.46. The van der Waals surface area contributed by atoms with E-state index in [1.54, 1.807) is 0 Å². The molecule has 0 aliphatic heterocycles. The molecule has 2 heterocycles. The first kappa shape index (κ1) is 33.2. The molecule has 0 atom stereocenters. The molecule has 0 fully saturated rings. The zero-order chi connectivity index (χ0) is 37.7. The molecule has 11 rings (SSSR count). The number of fused-ring (bicyclic) bond motifs is 6.